The molecule has 0 unspecified atom stereocenters. The standard InChI is InChI=1S/C9H6BrClFN3/c1-5-7(11)4-15(14-5)9-8(12)2-6(10)3-13-9/h2-4H,1H3. The molecule has 0 bridgehead atoms. The van der Waals surface area contributed by atoms with E-state index in [0.29, 0.717) is 15.2 Å². The summed E-state index contributed by atoms with van der Waals surface area (Å²) in [5, 5.41) is 4.52. The lowest BCUT2D eigenvalue weighted by atomic mass is 10.4. The fourth-order valence-corrected chi connectivity index (χ4v) is 1.56. The number of pyridine rings is 1. The predicted molar refractivity (Wildman–Crippen MR) is 58.8 cm³/mol. The number of aromatic nitrogens is 3. The fourth-order valence-electron chi connectivity index (χ4n) is 1.12. The van der Waals surface area contributed by atoms with Crippen LogP contribution in [-0.2, 0) is 0 Å². The zero-order valence-electron chi connectivity index (χ0n) is 7.71. The summed E-state index contributed by atoms with van der Waals surface area (Å²) in [5.74, 6) is -0.322. The zero-order valence-corrected chi connectivity index (χ0v) is 10.0. The molecule has 0 spiro atoms. The Labute approximate surface area is 99.0 Å². The monoisotopic (exact) mass is 289 g/mol. The van der Waals surface area contributed by atoms with E-state index < -0.39 is 5.82 Å². The summed E-state index contributed by atoms with van der Waals surface area (Å²) < 4.78 is 15.4. The molecule has 2 aromatic rings. The van der Waals surface area contributed by atoms with E-state index >= 15 is 0 Å². The van der Waals surface area contributed by atoms with Crippen LogP contribution in [0, 0.1) is 12.7 Å². The molecule has 2 aromatic heterocycles. The minimum atomic E-state index is -0.455. The SMILES string of the molecule is Cc1nn(-c2ncc(Br)cc2F)cc1Cl. The van der Waals surface area contributed by atoms with E-state index in [4.69, 9.17) is 11.6 Å². The van der Waals surface area contributed by atoms with Gasteiger partial charge >= 0.3 is 0 Å². The molecule has 0 radical (unpaired) electrons. The third-order valence-electron chi connectivity index (χ3n) is 1.84. The molecule has 78 valence electrons. The van der Waals surface area contributed by atoms with Crippen LogP contribution in [0.3, 0.4) is 0 Å². The van der Waals surface area contributed by atoms with Gasteiger partial charge in [0.2, 0.25) is 0 Å². The third kappa shape index (κ3) is 2.03. The average molecular weight is 291 g/mol. The Hall–Kier alpha value is -0.940. The van der Waals surface area contributed by atoms with E-state index in [0.717, 1.165) is 0 Å². The molecule has 0 fully saturated rings. The molecule has 0 atom stereocenters. The maximum Gasteiger partial charge on any atom is 0.189 e. The Kier molecular flexibility index (Phi) is 2.75. The summed E-state index contributed by atoms with van der Waals surface area (Å²) in [5.41, 5.74) is 0.640. The van der Waals surface area contributed by atoms with Gasteiger partial charge in [-0.05, 0) is 28.9 Å². The van der Waals surface area contributed by atoms with Crippen LogP contribution in [0.4, 0.5) is 4.39 Å². The predicted octanol–water partition coefficient (Wildman–Crippen LogP) is 3.13. The van der Waals surface area contributed by atoms with Gasteiger partial charge in [-0.3, -0.25) is 0 Å². The molecule has 0 saturated carbocycles. The molecule has 0 N–H and O–H groups in total. The van der Waals surface area contributed by atoms with Gasteiger partial charge in [-0.1, -0.05) is 11.6 Å². The summed E-state index contributed by atoms with van der Waals surface area (Å²) in [7, 11) is 0. The first-order valence-electron chi connectivity index (χ1n) is 4.11. The third-order valence-corrected chi connectivity index (χ3v) is 2.65. The van der Waals surface area contributed by atoms with E-state index in [-0.39, 0.29) is 5.82 Å². The van der Waals surface area contributed by atoms with Crippen LogP contribution in [0.25, 0.3) is 5.82 Å². The Morgan fingerprint density at radius 1 is 1.53 bits per heavy atom. The summed E-state index contributed by atoms with van der Waals surface area (Å²) in [4.78, 5) is 3.92. The fraction of sp³-hybridized carbons (Fsp3) is 0.111. The van der Waals surface area contributed by atoms with Gasteiger partial charge in [-0.25, -0.2) is 14.1 Å². The summed E-state index contributed by atoms with van der Waals surface area (Å²) in [6, 6.07) is 1.33. The van der Waals surface area contributed by atoms with E-state index in [9.17, 15) is 4.39 Å². The van der Waals surface area contributed by atoms with Crippen molar-refractivity contribution in [2.75, 3.05) is 0 Å². The lowest BCUT2D eigenvalue weighted by Gasteiger charge is -2.01. The molecule has 0 aliphatic rings. The van der Waals surface area contributed by atoms with Gasteiger partial charge in [0.25, 0.3) is 0 Å². The zero-order chi connectivity index (χ0) is 11.0. The smallest absolute Gasteiger partial charge is 0.189 e. The highest BCUT2D eigenvalue weighted by Gasteiger charge is 2.10. The van der Waals surface area contributed by atoms with Crippen LogP contribution in [0.5, 0.6) is 0 Å². The first-order valence-corrected chi connectivity index (χ1v) is 5.28. The first-order chi connectivity index (χ1) is 7.08. The van der Waals surface area contributed by atoms with Gasteiger partial charge in [0.1, 0.15) is 0 Å². The molecule has 6 heteroatoms. The minimum absolute atomic E-state index is 0.133. The van der Waals surface area contributed by atoms with Crippen LogP contribution < -0.4 is 0 Å². The normalized spacial score (nSPS) is 10.7. The number of nitrogens with zero attached hydrogens (tertiary/aromatic N) is 3. The molecular weight excluding hydrogens is 284 g/mol. The van der Waals surface area contributed by atoms with Crippen molar-refractivity contribution in [2.45, 2.75) is 6.92 Å². The topological polar surface area (TPSA) is 30.7 Å². The first kappa shape index (κ1) is 10.6. The molecular formula is C9H6BrClFN3. The summed E-state index contributed by atoms with van der Waals surface area (Å²) >= 11 is 8.95. The Morgan fingerprint density at radius 3 is 2.80 bits per heavy atom. The van der Waals surface area contributed by atoms with E-state index in [1.807, 2.05) is 0 Å². The van der Waals surface area contributed by atoms with Gasteiger partial charge in [0, 0.05) is 10.7 Å². The van der Waals surface area contributed by atoms with Crippen molar-refractivity contribution < 1.29 is 4.39 Å². The second-order valence-corrected chi connectivity index (χ2v) is 4.29. The molecule has 0 aromatic carbocycles. The second kappa shape index (κ2) is 3.90. The largest absolute Gasteiger partial charge is 0.233 e. The molecule has 15 heavy (non-hydrogen) atoms. The van der Waals surface area contributed by atoms with Crippen molar-refractivity contribution in [2.24, 2.45) is 0 Å². The number of hydrogen-bond donors (Lipinski definition) is 0. The van der Waals surface area contributed by atoms with Crippen molar-refractivity contribution in [3.63, 3.8) is 0 Å². The van der Waals surface area contributed by atoms with Gasteiger partial charge in [-0.2, -0.15) is 5.10 Å². The highest BCUT2D eigenvalue weighted by molar-refractivity contribution is 9.10. The van der Waals surface area contributed by atoms with Gasteiger partial charge in [0.15, 0.2) is 11.6 Å². The van der Waals surface area contributed by atoms with Crippen LogP contribution in [0.15, 0.2) is 22.9 Å². The highest BCUT2D eigenvalue weighted by atomic mass is 79.9. The summed E-state index contributed by atoms with van der Waals surface area (Å²) in [6.45, 7) is 1.75. The van der Waals surface area contributed by atoms with Gasteiger partial charge < -0.3 is 0 Å². The summed E-state index contributed by atoms with van der Waals surface area (Å²) in [6.07, 6.45) is 3.03. The van der Waals surface area contributed by atoms with Crippen LogP contribution in [0.1, 0.15) is 5.69 Å². The lowest BCUT2D eigenvalue weighted by molar-refractivity contribution is 0.599. The Bertz CT molecular complexity index is 493. The maximum absolute atomic E-state index is 13.5. The molecule has 2 rings (SSSR count). The van der Waals surface area contributed by atoms with E-state index in [1.54, 1.807) is 6.92 Å². The van der Waals surface area contributed by atoms with Crippen LogP contribution >= 0.6 is 27.5 Å². The van der Waals surface area contributed by atoms with E-state index in [1.165, 1.54) is 23.1 Å². The van der Waals surface area contributed by atoms with E-state index in [2.05, 4.69) is 26.0 Å². The maximum atomic E-state index is 13.5. The molecule has 0 aliphatic carbocycles. The van der Waals surface area contributed by atoms with Crippen LogP contribution in [0.2, 0.25) is 5.02 Å². The minimum Gasteiger partial charge on any atom is -0.233 e. The molecule has 2 heterocycles. The average Bonchev–Trinajstić information content (AvgIpc) is 2.46. The molecule has 0 aliphatic heterocycles. The van der Waals surface area contributed by atoms with Crippen LogP contribution in [-0.4, -0.2) is 14.8 Å². The highest BCUT2D eigenvalue weighted by Crippen LogP contribution is 2.19. The molecule has 0 amide bonds. The number of rotatable bonds is 1. The number of halogens is 3. The number of aryl methyl sites for hydroxylation is 1. The van der Waals surface area contributed by atoms with Crippen molar-refractivity contribution in [1.82, 2.24) is 14.8 Å². The van der Waals surface area contributed by atoms with Gasteiger partial charge in [-0.15, -0.1) is 0 Å². The lowest BCUT2D eigenvalue weighted by Crippen LogP contribution is -2.01. The van der Waals surface area contributed by atoms with Gasteiger partial charge in [0.05, 0.1) is 16.9 Å². The molecule has 0 saturated heterocycles. The molecule has 3 nitrogen and oxygen atoms in total. The Balaban J connectivity index is 2.54. The van der Waals surface area contributed by atoms with Crippen molar-refractivity contribution >= 4 is 27.5 Å². The van der Waals surface area contributed by atoms with Crippen molar-refractivity contribution in [1.29, 1.82) is 0 Å². The van der Waals surface area contributed by atoms with Crippen molar-refractivity contribution in [3.8, 4) is 5.82 Å². The Morgan fingerprint density at radius 2 is 2.27 bits per heavy atom. The quantitative estimate of drug-likeness (QED) is 0.808. The number of hydrogen-bond acceptors (Lipinski definition) is 2. The van der Waals surface area contributed by atoms with Crippen molar-refractivity contribution in [3.05, 3.63) is 39.5 Å². The second-order valence-electron chi connectivity index (χ2n) is 2.97.